The number of benzene rings is 3. The maximum absolute atomic E-state index is 9.43. The second kappa shape index (κ2) is 7.59. The zero-order valence-corrected chi connectivity index (χ0v) is 18.0. The van der Waals surface area contributed by atoms with Gasteiger partial charge in [-0.1, -0.05) is 12.1 Å². The molecule has 0 fully saturated rings. The molecule has 3 aromatic carbocycles. The van der Waals surface area contributed by atoms with Crippen LogP contribution in [0.4, 0.5) is 0 Å². The number of rotatable bonds is 3. The van der Waals surface area contributed by atoms with Gasteiger partial charge in [0.25, 0.3) is 0 Å². The monoisotopic (exact) mass is 448 g/mol. The first kappa shape index (κ1) is 18.8. The van der Waals surface area contributed by atoms with Crippen molar-refractivity contribution in [1.82, 2.24) is 4.57 Å². The molecular formula is C26H18BBrN2. The molecule has 0 atom stereocenters. The van der Waals surface area contributed by atoms with Crippen molar-refractivity contribution in [2.24, 2.45) is 0 Å². The van der Waals surface area contributed by atoms with E-state index in [0.29, 0.717) is 5.56 Å². The Morgan fingerprint density at radius 1 is 1.00 bits per heavy atom. The summed E-state index contributed by atoms with van der Waals surface area (Å²) in [5.41, 5.74) is 8.80. The molecule has 4 aromatic rings. The molecule has 4 heteroatoms. The molecule has 1 aliphatic carbocycles. The Morgan fingerprint density at radius 3 is 2.57 bits per heavy atom. The molecule has 0 spiro atoms. The molecule has 0 saturated heterocycles. The molecule has 0 aliphatic heterocycles. The van der Waals surface area contributed by atoms with Crippen LogP contribution in [0, 0.1) is 11.3 Å². The van der Waals surface area contributed by atoms with Gasteiger partial charge >= 0.3 is 156 Å². The van der Waals surface area contributed by atoms with Crippen molar-refractivity contribution in [3.8, 4) is 22.9 Å². The first-order valence-corrected chi connectivity index (χ1v) is 10.7. The van der Waals surface area contributed by atoms with E-state index < -0.39 is 0 Å². The first-order chi connectivity index (χ1) is 14.7. The van der Waals surface area contributed by atoms with Crippen LogP contribution in [0.3, 0.4) is 0 Å². The first-order valence-electron chi connectivity index (χ1n) is 9.95. The van der Waals surface area contributed by atoms with E-state index in [4.69, 9.17) is 0 Å². The Kier molecular flexibility index (Phi) is 4.77. The van der Waals surface area contributed by atoms with E-state index in [1.54, 1.807) is 0 Å². The minimum atomic E-state index is 0.695. The summed E-state index contributed by atoms with van der Waals surface area (Å²) >= 11 is 3.70. The van der Waals surface area contributed by atoms with Crippen molar-refractivity contribution in [1.29, 1.82) is 5.26 Å². The van der Waals surface area contributed by atoms with Crippen LogP contribution in [0.15, 0.2) is 71.2 Å². The normalized spacial score (nSPS) is 12.8. The average molecular weight is 449 g/mol. The fourth-order valence-corrected chi connectivity index (χ4v) is 4.73. The molecule has 0 amide bonds. The van der Waals surface area contributed by atoms with Crippen molar-refractivity contribution in [3.05, 3.63) is 93.6 Å². The summed E-state index contributed by atoms with van der Waals surface area (Å²) in [5.74, 6) is 1.90. The van der Waals surface area contributed by atoms with Crippen LogP contribution in [0.5, 0.6) is 0 Å². The van der Waals surface area contributed by atoms with E-state index in [-0.39, 0.29) is 0 Å². The number of allylic oxidation sites excluding steroid dienone is 1. The van der Waals surface area contributed by atoms with E-state index in [0.717, 1.165) is 35.2 Å². The van der Waals surface area contributed by atoms with Gasteiger partial charge in [0.05, 0.1) is 6.07 Å². The molecule has 0 unspecified atom stereocenters. The second-order valence-corrected chi connectivity index (χ2v) is 8.49. The van der Waals surface area contributed by atoms with Crippen LogP contribution in [0.2, 0.25) is 0 Å². The molecule has 0 radical (unpaired) electrons. The van der Waals surface area contributed by atoms with E-state index in [9.17, 15) is 5.26 Å². The number of halogens is 1. The van der Waals surface area contributed by atoms with Gasteiger partial charge in [-0.2, -0.15) is 5.26 Å². The maximum atomic E-state index is 9.43. The summed E-state index contributed by atoms with van der Waals surface area (Å²) in [6, 6.07) is 25.1. The Labute approximate surface area is 185 Å². The minimum absolute atomic E-state index is 0.695. The SMILES string of the molecule is B=Cc1ccc2c(c1)c1c(n2-c2ccc(-c3ccccc3C#N)cc2)CCC(Br)=C1. The Morgan fingerprint density at radius 2 is 1.80 bits per heavy atom. The van der Waals surface area contributed by atoms with E-state index in [2.05, 4.69) is 82.6 Å². The van der Waals surface area contributed by atoms with Crippen molar-refractivity contribution in [3.63, 3.8) is 0 Å². The summed E-state index contributed by atoms with van der Waals surface area (Å²) in [4.78, 5) is 0. The molecule has 142 valence electrons. The number of fused-ring (bicyclic) bond motifs is 3. The number of nitrogens with zero attached hydrogens (tertiary/aromatic N) is 2. The van der Waals surface area contributed by atoms with Crippen molar-refractivity contribution < 1.29 is 0 Å². The Hall–Kier alpha value is -3.16. The van der Waals surface area contributed by atoms with Crippen molar-refractivity contribution in [2.45, 2.75) is 12.8 Å². The topological polar surface area (TPSA) is 28.7 Å². The van der Waals surface area contributed by atoms with Gasteiger partial charge < -0.3 is 0 Å². The van der Waals surface area contributed by atoms with Crippen LogP contribution in [-0.4, -0.2) is 18.0 Å². The zero-order valence-electron chi connectivity index (χ0n) is 16.4. The molecular weight excluding hydrogens is 431 g/mol. The van der Waals surface area contributed by atoms with Crippen LogP contribution >= 0.6 is 15.9 Å². The third-order valence-electron chi connectivity index (χ3n) is 5.75. The van der Waals surface area contributed by atoms with Gasteiger partial charge in [-0.15, -0.1) is 0 Å². The van der Waals surface area contributed by atoms with Gasteiger partial charge in [-0.25, -0.2) is 0 Å². The summed E-state index contributed by atoms with van der Waals surface area (Å²) < 4.78 is 3.61. The second-order valence-electron chi connectivity index (χ2n) is 7.47. The van der Waals surface area contributed by atoms with Crippen LogP contribution < -0.4 is 0 Å². The van der Waals surface area contributed by atoms with Crippen LogP contribution in [-0.2, 0) is 6.42 Å². The van der Waals surface area contributed by atoms with Crippen LogP contribution in [0.1, 0.15) is 28.8 Å². The number of aromatic nitrogens is 1. The number of nitriles is 1. The van der Waals surface area contributed by atoms with Gasteiger partial charge in [0, 0.05) is 0 Å². The van der Waals surface area contributed by atoms with Gasteiger partial charge in [-0.3, -0.25) is 0 Å². The third kappa shape index (κ3) is 3.07. The molecule has 0 saturated carbocycles. The van der Waals surface area contributed by atoms with E-state index in [1.165, 1.54) is 26.6 Å². The number of hydrogen-bond donors (Lipinski definition) is 0. The molecule has 1 aliphatic rings. The zero-order chi connectivity index (χ0) is 20.7. The van der Waals surface area contributed by atoms with Gasteiger partial charge in [0.1, 0.15) is 0 Å². The Balaban J connectivity index is 1.69. The predicted octanol–water partition coefficient (Wildman–Crippen LogP) is 5.90. The standard InChI is InChI=1S/C26H18BBrN2/c27-15-17-5-11-25-23(13-17)24-14-20(28)8-12-26(24)30(25)21-9-6-18(7-10-21)22-4-2-1-3-19(22)16-29/h1-7,9-11,13-15,27H,8,12H2. The number of hydrogen-bond acceptors (Lipinski definition) is 1. The quantitative estimate of drug-likeness (QED) is 0.358. The van der Waals surface area contributed by atoms with Gasteiger partial charge in [-0.05, 0) is 6.07 Å². The molecule has 0 bridgehead atoms. The fourth-order valence-electron chi connectivity index (χ4n) is 4.30. The fraction of sp³-hybridized carbons (Fsp3) is 0.0769. The molecule has 5 rings (SSSR count). The Bertz CT molecular complexity index is 1370. The van der Waals surface area contributed by atoms with Gasteiger partial charge in [0.2, 0.25) is 0 Å². The molecule has 1 aromatic heterocycles. The average Bonchev–Trinajstić information content (AvgIpc) is 3.12. The summed E-state index contributed by atoms with van der Waals surface area (Å²) in [5, 5.41) is 10.7. The summed E-state index contributed by atoms with van der Waals surface area (Å²) in [6.45, 7) is 0. The van der Waals surface area contributed by atoms with Crippen LogP contribution in [0.25, 0.3) is 33.8 Å². The van der Waals surface area contributed by atoms with E-state index >= 15 is 0 Å². The van der Waals surface area contributed by atoms with Gasteiger partial charge in [0.15, 0.2) is 0 Å². The molecule has 30 heavy (non-hydrogen) atoms. The summed E-state index contributed by atoms with van der Waals surface area (Å²) in [6.07, 6.45) is 4.25. The summed E-state index contributed by atoms with van der Waals surface area (Å²) in [7, 11) is 3.93. The molecule has 0 N–H and O–H groups in total. The molecule has 1 heterocycles. The van der Waals surface area contributed by atoms with Crippen molar-refractivity contribution in [2.75, 3.05) is 0 Å². The predicted molar refractivity (Wildman–Crippen MR) is 131 cm³/mol. The van der Waals surface area contributed by atoms with Crippen molar-refractivity contribution >= 4 is 46.4 Å². The third-order valence-corrected chi connectivity index (χ3v) is 6.38. The molecule has 2 nitrogen and oxygen atoms in total. The van der Waals surface area contributed by atoms with E-state index in [1.807, 2.05) is 30.2 Å².